The van der Waals surface area contributed by atoms with Crippen LogP contribution in [0.3, 0.4) is 0 Å². The lowest BCUT2D eigenvalue weighted by Gasteiger charge is -2.16. The van der Waals surface area contributed by atoms with Gasteiger partial charge in [-0.3, -0.25) is 0 Å². The number of aromatic nitrogens is 2. The third-order valence-electron chi connectivity index (χ3n) is 3.38. The Bertz CT molecular complexity index is 629. The maximum Gasteiger partial charge on any atom is 0.161 e. The van der Waals surface area contributed by atoms with Crippen molar-refractivity contribution >= 4 is 0 Å². The zero-order chi connectivity index (χ0) is 15.4. The Labute approximate surface area is 124 Å². The lowest BCUT2D eigenvalue weighted by Crippen LogP contribution is -2.08. The van der Waals surface area contributed by atoms with E-state index >= 15 is 0 Å². The van der Waals surface area contributed by atoms with Crippen molar-refractivity contribution < 1.29 is 14.6 Å². The largest absolute Gasteiger partial charge is 0.493 e. The van der Waals surface area contributed by atoms with Gasteiger partial charge >= 0.3 is 0 Å². The van der Waals surface area contributed by atoms with Gasteiger partial charge in [-0.25, -0.2) is 0 Å². The minimum Gasteiger partial charge on any atom is -0.493 e. The van der Waals surface area contributed by atoms with E-state index in [9.17, 15) is 5.11 Å². The summed E-state index contributed by atoms with van der Waals surface area (Å²) < 4.78 is 10.5. The number of ether oxygens (including phenoxy) is 2. The molecule has 1 heterocycles. The van der Waals surface area contributed by atoms with Gasteiger partial charge in [0.05, 0.1) is 25.6 Å². The Morgan fingerprint density at radius 2 is 1.81 bits per heavy atom. The number of hydrogen-bond acceptors (Lipinski definition) is 5. The molecule has 1 atom stereocenters. The van der Waals surface area contributed by atoms with E-state index in [1.54, 1.807) is 26.4 Å². The minimum absolute atomic E-state index is 0.589. The Kier molecular flexibility index (Phi) is 4.75. The van der Waals surface area contributed by atoms with E-state index < -0.39 is 6.10 Å². The SMILES string of the molecule is CCc1nnc(C)cc1C(O)c1ccc(OC)c(OC)c1. The van der Waals surface area contributed by atoms with Gasteiger partial charge in [-0.1, -0.05) is 13.0 Å². The number of nitrogens with zero attached hydrogens (tertiary/aromatic N) is 2. The minimum atomic E-state index is -0.769. The van der Waals surface area contributed by atoms with E-state index in [1.165, 1.54) is 0 Å². The van der Waals surface area contributed by atoms with Gasteiger partial charge in [0.25, 0.3) is 0 Å². The summed E-state index contributed by atoms with van der Waals surface area (Å²) in [6, 6.07) is 7.25. The molecule has 5 heteroatoms. The Hall–Kier alpha value is -2.14. The summed E-state index contributed by atoms with van der Waals surface area (Å²) in [6.07, 6.45) is -0.0542. The highest BCUT2D eigenvalue weighted by Crippen LogP contribution is 2.32. The van der Waals surface area contributed by atoms with E-state index in [2.05, 4.69) is 10.2 Å². The third kappa shape index (κ3) is 3.13. The van der Waals surface area contributed by atoms with Crippen LogP contribution in [0.1, 0.15) is 35.5 Å². The van der Waals surface area contributed by atoms with E-state index in [1.807, 2.05) is 26.0 Å². The molecule has 0 aliphatic heterocycles. The summed E-state index contributed by atoms with van der Waals surface area (Å²) in [5.41, 5.74) is 3.08. The van der Waals surface area contributed by atoms with E-state index in [4.69, 9.17) is 9.47 Å². The van der Waals surface area contributed by atoms with Crippen LogP contribution in [-0.2, 0) is 6.42 Å². The molecule has 112 valence electrons. The standard InChI is InChI=1S/C16H20N2O3/c1-5-13-12(8-10(2)17-18-13)16(19)11-6-7-14(20-3)15(9-11)21-4/h6-9,16,19H,5H2,1-4H3. The molecule has 2 aromatic rings. The molecule has 1 aromatic heterocycles. The molecule has 0 fully saturated rings. The smallest absolute Gasteiger partial charge is 0.161 e. The van der Waals surface area contributed by atoms with Crippen molar-refractivity contribution in [2.24, 2.45) is 0 Å². The van der Waals surface area contributed by atoms with Crippen molar-refractivity contribution in [1.29, 1.82) is 0 Å². The monoisotopic (exact) mass is 288 g/mol. The first-order valence-electron chi connectivity index (χ1n) is 6.83. The molecule has 2 rings (SSSR count). The summed E-state index contributed by atoms with van der Waals surface area (Å²) in [4.78, 5) is 0. The van der Waals surface area contributed by atoms with Crippen molar-refractivity contribution in [1.82, 2.24) is 10.2 Å². The Morgan fingerprint density at radius 3 is 2.43 bits per heavy atom. The number of aryl methyl sites for hydroxylation is 2. The molecule has 0 aliphatic carbocycles. The van der Waals surface area contributed by atoms with E-state index in [-0.39, 0.29) is 0 Å². The van der Waals surface area contributed by atoms with Gasteiger partial charge in [0, 0.05) is 5.56 Å². The molecule has 1 aromatic carbocycles. The van der Waals surface area contributed by atoms with Crippen molar-refractivity contribution in [3.63, 3.8) is 0 Å². The number of methoxy groups -OCH3 is 2. The molecule has 0 saturated heterocycles. The molecule has 0 aliphatic rings. The van der Waals surface area contributed by atoms with Crippen LogP contribution in [0.25, 0.3) is 0 Å². The highest BCUT2D eigenvalue weighted by molar-refractivity contribution is 5.45. The first kappa shape index (κ1) is 15.3. The van der Waals surface area contributed by atoms with Gasteiger partial charge in [-0.05, 0) is 37.1 Å². The quantitative estimate of drug-likeness (QED) is 0.915. The third-order valence-corrected chi connectivity index (χ3v) is 3.38. The van der Waals surface area contributed by atoms with Gasteiger partial charge in [0.1, 0.15) is 6.10 Å². The molecule has 5 nitrogen and oxygen atoms in total. The van der Waals surface area contributed by atoms with Crippen LogP contribution in [0, 0.1) is 6.92 Å². The fraction of sp³-hybridized carbons (Fsp3) is 0.375. The van der Waals surface area contributed by atoms with Gasteiger partial charge in [0.15, 0.2) is 11.5 Å². The maximum atomic E-state index is 10.6. The van der Waals surface area contributed by atoms with Crippen LogP contribution >= 0.6 is 0 Å². The fourth-order valence-electron chi connectivity index (χ4n) is 2.25. The van der Waals surface area contributed by atoms with Crippen molar-refractivity contribution in [3.05, 3.63) is 46.8 Å². The second-order valence-corrected chi connectivity index (χ2v) is 4.76. The topological polar surface area (TPSA) is 64.5 Å². The predicted molar refractivity (Wildman–Crippen MR) is 79.8 cm³/mol. The molecule has 1 unspecified atom stereocenters. The second-order valence-electron chi connectivity index (χ2n) is 4.76. The molecule has 0 spiro atoms. The molecule has 0 amide bonds. The molecular weight excluding hydrogens is 268 g/mol. The molecule has 0 saturated carbocycles. The molecular formula is C16H20N2O3. The van der Waals surface area contributed by atoms with Crippen LogP contribution in [0.2, 0.25) is 0 Å². The summed E-state index contributed by atoms with van der Waals surface area (Å²) in [6.45, 7) is 3.85. The Morgan fingerprint density at radius 1 is 1.10 bits per heavy atom. The second kappa shape index (κ2) is 6.54. The average Bonchev–Trinajstić information content (AvgIpc) is 2.53. The number of benzene rings is 1. The van der Waals surface area contributed by atoms with Crippen LogP contribution in [-0.4, -0.2) is 29.5 Å². The predicted octanol–water partition coefficient (Wildman–Crippen LogP) is 2.45. The number of rotatable bonds is 5. The zero-order valence-corrected chi connectivity index (χ0v) is 12.8. The van der Waals surface area contributed by atoms with Crippen molar-refractivity contribution in [3.8, 4) is 11.5 Å². The zero-order valence-electron chi connectivity index (χ0n) is 12.8. The lowest BCUT2D eigenvalue weighted by atomic mass is 9.98. The molecule has 1 N–H and O–H groups in total. The van der Waals surface area contributed by atoms with Gasteiger partial charge in [-0.2, -0.15) is 10.2 Å². The molecule has 0 bridgehead atoms. The number of hydrogen-bond donors (Lipinski definition) is 1. The highest BCUT2D eigenvalue weighted by atomic mass is 16.5. The highest BCUT2D eigenvalue weighted by Gasteiger charge is 2.18. The van der Waals surface area contributed by atoms with Gasteiger partial charge < -0.3 is 14.6 Å². The first-order valence-corrected chi connectivity index (χ1v) is 6.83. The van der Waals surface area contributed by atoms with Crippen LogP contribution in [0.4, 0.5) is 0 Å². The lowest BCUT2D eigenvalue weighted by molar-refractivity contribution is 0.217. The van der Waals surface area contributed by atoms with E-state index in [0.29, 0.717) is 17.9 Å². The van der Waals surface area contributed by atoms with Crippen LogP contribution in [0.5, 0.6) is 11.5 Å². The fourth-order valence-corrected chi connectivity index (χ4v) is 2.25. The summed E-state index contributed by atoms with van der Waals surface area (Å²) >= 11 is 0. The number of aliphatic hydroxyl groups is 1. The average molecular weight is 288 g/mol. The molecule has 21 heavy (non-hydrogen) atoms. The van der Waals surface area contributed by atoms with Crippen molar-refractivity contribution in [2.75, 3.05) is 14.2 Å². The van der Waals surface area contributed by atoms with E-state index in [0.717, 1.165) is 22.5 Å². The van der Waals surface area contributed by atoms with Crippen LogP contribution < -0.4 is 9.47 Å². The normalized spacial score (nSPS) is 12.0. The Balaban J connectivity index is 2.44. The summed E-state index contributed by atoms with van der Waals surface area (Å²) in [5.74, 6) is 1.22. The molecule has 0 radical (unpaired) electrons. The summed E-state index contributed by atoms with van der Waals surface area (Å²) in [5, 5.41) is 18.8. The van der Waals surface area contributed by atoms with Crippen molar-refractivity contribution in [2.45, 2.75) is 26.4 Å². The summed E-state index contributed by atoms with van der Waals surface area (Å²) in [7, 11) is 3.16. The van der Waals surface area contributed by atoms with Crippen LogP contribution in [0.15, 0.2) is 24.3 Å². The maximum absolute atomic E-state index is 10.6. The first-order chi connectivity index (χ1) is 10.1. The van der Waals surface area contributed by atoms with Gasteiger partial charge in [-0.15, -0.1) is 0 Å². The number of aliphatic hydroxyl groups excluding tert-OH is 1. The van der Waals surface area contributed by atoms with Gasteiger partial charge in [0.2, 0.25) is 0 Å².